The van der Waals surface area contributed by atoms with Crippen LogP contribution in [0.3, 0.4) is 0 Å². The molecule has 0 radical (unpaired) electrons. The molecule has 0 saturated heterocycles. The summed E-state index contributed by atoms with van der Waals surface area (Å²) in [6.45, 7) is 3.94. The molecule has 0 fully saturated rings. The maximum absolute atomic E-state index is 11.7. The van der Waals surface area contributed by atoms with Crippen molar-refractivity contribution in [2.24, 2.45) is 5.92 Å². The van der Waals surface area contributed by atoms with Crippen molar-refractivity contribution in [2.45, 2.75) is 26.3 Å². The van der Waals surface area contributed by atoms with Crippen molar-refractivity contribution in [3.8, 4) is 0 Å². The van der Waals surface area contributed by atoms with Gasteiger partial charge in [-0.3, -0.25) is 9.89 Å². The minimum absolute atomic E-state index is 0.281. The van der Waals surface area contributed by atoms with Gasteiger partial charge in [0.2, 0.25) is 0 Å². The first-order valence-electron chi connectivity index (χ1n) is 5.42. The number of rotatable bonds is 5. The molecule has 0 bridgehead atoms. The minimum Gasteiger partial charge on any atom is -0.467 e. The van der Waals surface area contributed by atoms with E-state index in [-0.39, 0.29) is 11.8 Å². The molecule has 1 unspecified atom stereocenters. The maximum Gasteiger partial charge on any atom is 0.328 e. The molecule has 0 aliphatic heterocycles. The summed E-state index contributed by atoms with van der Waals surface area (Å²) in [6, 6.07) is -0.623. The largest absolute Gasteiger partial charge is 0.467 e. The highest BCUT2D eigenvalue weighted by molar-refractivity contribution is 5.96. The van der Waals surface area contributed by atoms with Crippen LogP contribution < -0.4 is 5.32 Å². The molecule has 0 spiro atoms. The summed E-state index contributed by atoms with van der Waals surface area (Å²) in [5.41, 5.74) is 0.391. The number of hydrogen-bond acceptors (Lipinski definition) is 4. The third-order valence-corrected chi connectivity index (χ3v) is 2.26. The fraction of sp³-hybridized carbons (Fsp3) is 0.545. The van der Waals surface area contributed by atoms with E-state index in [0.717, 1.165) is 0 Å². The molecule has 1 atom stereocenters. The summed E-state index contributed by atoms with van der Waals surface area (Å²) in [7, 11) is 1.31. The van der Waals surface area contributed by atoms with E-state index in [0.29, 0.717) is 12.0 Å². The van der Waals surface area contributed by atoms with Crippen LogP contribution in [0.2, 0.25) is 0 Å². The van der Waals surface area contributed by atoms with E-state index >= 15 is 0 Å². The zero-order valence-electron chi connectivity index (χ0n) is 10.2. The van der Waals surface area contributed by atoms with Crippen molar-refractivity contribution in [3.05, 3.63) is 18.0 Å². The lowest BCUT2D eigenvalue weighted by Gasteiger charge is -2.17. The molecular weight excluding hydrogens is 222 g/mol. The van der Waals surface area contributed by atoms with E-state index in [2.05, 4.69) is 20.3 Å². The van der Waals surface area contributed by atoms with Crippen LogP contribution in [0.15, 0.2) is 12.4 Å². The van der Waals surface area contributed by atoms with Gasteiger partial charge >= 0.3 is 5.97 Å². The molecule has 0 aliphatic rings. The first-order chi connectivity index (χ1) is 8.04. The van der Waals surface area contributed by atoms with Crippen LogP contribution in [0.5, 0.6) is 0 Å². The van der Waals surface area contributed by atoms with Crippen molar-refractivity contribution in [3.63, 3.8) is 0 Å². The molecule has 1 rings (SSSR count). The van der Waals surface area contributed by atoms with E-state index in [4.69, 9.17) is 0 Å². The molecule has 1 heterocycles. The lowest BCUT2D eigenvalue weighted by Crippen LogP contribution is -2.42. The van der Waals surface area contributed by atoms with Gasteiger partial charge in [0, 0.05) is 6.20 Å². The highest BCUT2D eigenvalue weighted by atomic mass is 16.5. The third-order valence-electron chi connectivity index (χ3n) is 2.26. The van der Waals surface area contributed by atoms with E-state index in [1.54, 1.807) is 0 Å². The van der Waals surface area contributed by atoms with Gasteiger partial charge in [0.25, 0.3) is 5.91 Å². The van der Waals surface area contributed by atoms with Gasteiger partial charge in [-0.1, -0.05) is 13.8 Å². The number of nitrogens with one attached hydrogen (secondary N) is 2. The molecule has 0 aliphatic carbocycles. The standard InChI is InChI=1S/C11H17N3O3/c1-7(2)4-9(11(16)17-3)14-10(15)8-5-12-13-6-8/h5-7,9H,4H2,1-3H3,(H,12,13)(H,14,15). The van der Waals surface area contributed by atoms with Gasteiger partial charge in [-0.05, 0) is 12.3 Å². The summed E-state index contributed by atoms with van der Waals surface area (Å²) in [4.78, 5) is 23.2. The van der Waals surface area contributed by atoms with Gasteiger partial charge in [0.1, 0.15) is 6.04 Å². The van der Waals surface area contributed by atoms with Gasteiger partial charge in [0.15, 0.2) is 0 Å². The number of carbonyl (C=O) groups is 2. The molecule has 0 saturated carbocycles. The predicted molar refractivity (Wildman–Crippen MR) is 61.3 cm³/mol. The van der Waals surface area contributed by atoms with Gasteiger partial charge in [-0.25, -0.2) is 4.79 Å². The van der Waals surface area contributed by atoms with Crippen LogP contribution in [-0.4, -0.2) is 35.2 Å². The van der Waals surface area contributed by atoms with Crippen LogP contribution in [0, 0.1) is 5.92 Å². The number of carbonyl (C=O) groups excluding carboxylic acids is 2. The smallest absolute Gasteiger partial charge is 0.328 e. The Balaban J connectivity index is 2.66. The van der Waals surface area contributed by atoms with E-state index < -0.39 is 12.0 Å². The second-order valence-electron chi connectivity index (χ2n) is 4.17. The average molecular weight is 239 g/mol. The maximum atomic E-state index is 11.7. The molecule has 1 aromatic rings. The SMILES string of the molecule is COC(=O)C(CC(C)C)NC(=O)c1cn[nH]c1. The van der Waals surface area contributed by atoms with Crippen molar-refractivity contribution in [1.82, 2.24) is 15.5 Å². The molecule has 2 N–H and O–H groups in total. The Bertz CT molecular complexity index is 373. The summed E-state index contributed by atoms with van der Waals surface area (Å²) in [5.74, 6) is -0.492. The van der Waals surface area contributed by atoms with Crippen LogP contribution in [0.25, 0.3) is 0 Å². The number of methoxy groups -OCH3 is 1. The van der Waals surface area contributed by atoms with Crippen LogP contribution in [0.1, 0.15) is 30.6 Å². The number of ether oxygens (including phenoxy) is 1. The zero-order chi connectivity index (χ0) is 12.8. The number of aromatic nitrogens is 2. The van der Waals surface area contributed by atoms with Crippen molar-refractivity contribution in [2.75, 3.05) is 7.11 Å². The zero-order valence-corrected chi connectivity index (χ0v) is 10.2. The summed E-state index contributed by atoms with van der Waals surface area (Å²) < 4.78 is 4.65. The molecular formula is C11H17N3O3. The van der Waals surface area contributed by atoms with Gasteiger partial charge in [0.05, 0.1) is 18.9 Å². The predicted octanol–water partition coefficient (Wildman–Crippen LogP) is 0.727. The molecule has 1 amide bonds. The van der Waals surface area contributed by atoms with Gasteiger partial charge in [-0.2, -0.15) is 5.10 Å². The fourth-order valence-electron chi connectivity index (χ4n) is 1.44. The first kappa shape index (κ1) is 13.2. The molecule has 6 heteroatoms. The molecule has 1 aromatic heterocycles. The first-order valence-corrected chi connectivity index (χ1v) is 5.42. The molecule has 94 valence electrons. The van der Waals surface area contributed by atoms with Crippen LogP contribution in [-0.2, 0) is 9.53 Å². The van der Waals surface area contributed by atoms with Gasteiger partial charge < -0.3 is 10.1 Å². The molecule has 6 nitrogen and oxygen atoms in total. The van der Waals surface area contributed by atoms with Gasteiger partial charge in [-0.15, -0.1) is 0 Å². The Morgan fingerprint density at radius 2 is 2.24 bits per heavy atom. The fourth-order valence-corrected chi connectivity index (χ4v) is 1.44. The van der Waals surface area contributed by atoms with E-state index in [1.807, 2.05) is 13.8 Å². The number of H-pyrrole nitrogens is 1. The summed E-state index contributed by atoms with van der Waals surface area (Å²) in [6.07, 6.45) is 3.41. The number of esters is 1. The number of hydrogen-bond donors (Lipinski definition) is 2. The molecule has 17 heavy (non-hydrogen) atoms. The number of aromatic amines is 1. The highest BCUT2D eigenvalue weighted by Crippen LogP contribution is 2.07. The van der Waals surface area contributed by atoms with Crippen LogP contribution in [0.4, 0.5) is 0 Å². The van der Waals surface area contributed by atoms with E-state index in [1.165, 1.54) is 19.5 Å². The van der Waals surface area contributed by atoms with Crippen LogP contribution >= 0.6 is 0 Å². The second kappa shape index (κ2) is 6.03. The van der Waals surface area contributed by atoms with Crippen molar-refractivity contribution >= 4 is 11.9 Å². The second-order valence-corrected chi connectivity index (χ2v) is 4.17. The Labute approximate surface area is 99.7 Å². The quantitative estimate of drug-likeness (QED) is 0.742. The topological polar surface area (TPSA) is 84.1 Å². The Morgan fingerprint density at radius 1 is 1.53 bits per heavy atom. The summed E-state index contributed by atoms with van der Waals surface area (Å²) in [5, 5.41) is 8.84. The Hall–Kier alpha value is -1.85. The number of amides is 1. The molecule has 0 aromatic carbocycles. The van der Waals surface area contributed by atoms with E-state index in [9.17, 15) is 9.59 Å². The van der Waals surface area contributed by atoms with Crippen molar-refractivity contribution in [1.29, 1.82) is 0 Å². The average Bonchev–Trinajstić information content (AvgIpc) is 2.79. The summed E-state index contributed by atoms with van der Waals surface area (Å²) >= 11 is 0. The lowest BCUT2D eigenvalue weighted by molar-refractivity contribution is -0.143. The monoisotopic (exact) mass is 239 g/mol. The Morgan fingerprint density at radius 3 is 2.71 bits per heavy atom. The highest BCUT2D eigenvalue weighted by Gasteiger charge is 2.23. The minimum atomic E-state index is -0.623. The third kappa shape index (κ3) is 3.90. The number of nitrogens with zero attached hydrogens (tertiary/aromatic N) is 1. The normalized spacial score (nSPS) is 12.2. The lowest BCUT2D eigenvalue weighted by atomic mass is 10.0. The Kier molecular flexibility index (Phi) is 4.68. The van der Waals surface area contributed by atoms with Crippen molar-refractivity contribution < 1.29 is 14.3 Å².